The van der Waals surface area contributed by atoms with Crippen LogP contribution in [0.2, 0.25) is 6.04 Å². The van der Waals surface area contributed by atoms with Crippen LogP contribution in [-0.4, -0.2) is 20.6 Å². The Kier molecular flexibility index (Phi) is 3.19. The molecule has 0 saturated carbocycles. The number of aliphatic carboxylic acids is 1. The van der Waals surface area contributed by atoms with Gasteiger partial charge in [-0.05, 0) is 0 Å². The maximum Gasteiger partial charge on any atom is 0.326 e. The van der Waals surface area contributed by atoms with E-state index in [1.54, 1.807) is 0 Å². The Hall–Kier alpha value is -0.573. The van der Waals surface area contributed by atoms with Crippen molar-refractivity contribution in [1.29, 1.82) is 0 Å². The molecule has 3 heteroatoms. The number of carbonyl (C=O) groups is 1. The van der Waals surface area contributed by atoms with Crippen LogP contribution in [0.25, 0.3) is 0 Å². The van der Waals surface area contributed by atoms with Gasteiger partial charge in [-0.3, -0.25) is 0 Å². The van der Waals surface area contributed by atoms with Gasteiger partial charge in [0.1, 0.15) is 0 Å². The van der Waals surface area contributed by atoms with Gasteiger partial charge < -0.3 is 5.11 Å². The predicted molar refractivity (Wildman–Crippen MR) is 35.8 cm³/mol. The molecule has 46 valence electrons. The number of carboxylic acids is 1. The second-order valence-electron chi connectivity index (χ2n) is 1.66. The molecule has 0 spiro atoms. The zero-order chi connectivity index (χ0) is 6.57. The van der Waals surface area contributed by atoms with E-state index >= 15 is 0 Å². The molecule has 1 N–H and O–H groups in total. The van der Waals surface area contributed by atoms with Gasteiger partial charge in [-0.2, -0.15) is 0 Å². The largest absolute Gasteiger partial charge is 0.478 e. The number of hydrogen-bond acceptors (Lipinski definition) is 1. The van der Waals surface area contributed by atoms with Crippen LogP contribution >= 0.6 is 0 Å². The van der Waals surface area contributed by atoms with Crippen molar-refractivity contribution in [3.05, 3.63) is 11.8 Å². The van der Waals surface area contributed by atoms with Crippen LogP contribution in [-0.2, 0) is 4.79 Å². The van der Waals surface area contributed by atoms with Crippen LogP contribution in [0.5, 0.6) is 0 Å². The van der Waals surface area contributed by atoms with Crippen LogP contribution in [0.15, 0.2) is 11.8 Å². The second kappa shape index (κ2) is 3.43. The Balaban J connectivity index is 3.49. The molecule has 2 nitrogen and oxygen atoms in total. The fourth-order valence-electron chi connectivity index (χ4n) is 0.409. The first kappa shape index (κ1) is 7.43. The van der Waals surface area contributed by atoms with Gasteiger partial charge in [0.25, 0.3) is 0 Å². The fraction of sp³-hybridized carbons (Fsp3) is 0.400. The minimum atomic E-state index is -0.821. The van der Waals surface area contributed by atoms with Gasteiger partial charge in [-0.1, -0.05) is 19.5 Å². The highest BCUT2D eigenvalue weighted by Gasteiger charge is 1.99. The van der Waals surface area contributed by atoms with Gasteiger partial charge in [0.2, 0.25) is 0 Å². The van der Waals surface area contributed by atoms with Crippen molar-refractivity contribution < 1.29 is 9.90 Å². The summed E-state index contributed by atoms with van der Waals surface area (Å²) in [6.45, 7) is 5.39. The zero-order valence-electron chi connectivity index (χ0n) is 4.98. The third kappa shape index (κ3) is 2.57. The highest BCUT2D eigenvalue weighted by atomic mass is 28.2. The molecule has 0 radical (unpaired) electrons. The molecular weight excluding hydrogens is 120 g/mol. The lowest BCUT2D eigenvalue weighted by molar-refractivity contribution is -0.131. The number of carboxylic acid groups (broad SMARTS) is 1. The van der Waals surface area contributed by atoms with E-state index in [0.29, 0.717) is 5.20 Å². The predicted octanol–water partition coefficient (Wildman–Crippen LogP) is 0.192. The van der Waals surface area contributed by atoms with Crippen LogP contribution in [0.1, 0.15) is 6.92 Å². The molecule has 0 atom stereocenters. The van der Waals surface area contributed by atoms with Gasteiger partial charge in [-0.15, -0.1) is 0 Å². The van der Waals surface area contributed by atoms with Crippen molar-refractivity contribution >= 4 is 15.5 Å². The Morgan fingerprint density at radius 1 is 1.88 bits per heavy atom. The normalized spacial score (nSPS) is 10.1. The first-order valence-corrected chi connectivity index (χ1v) is 4.30. The van der Waals surface area contributed by atoms with Crippen LogP contribution < -0.4 is 0 Å². The van der Waals surface area contributed by atoms with E-state index in [1.165, 1.54) is 0 Å². The molecule has 0 aromatic heterocycles. The molecule has 0 aromatic rings. The molecule has 8 heavy (non-hydrogen) atoms. The highest BCUT2D eigenvalue weighted by molar-refractivity contribution is 6.52. The Morgan fingerprint density at radius 2 is 2.38 bits per heavy atom. The van der Waals surface area contributed by atoms with Crippen molar-refractivity contribution in [1.82, 2.24) is 0 Å². The molecule has 0 amide bonds. The molecule has 0 aromatic carbocycles. The smallest absolute Gasteiger partial charge is 0.326 e. The molecule has 0 bridgehead atoms. The highest BCUT2D eigenvalue weighted by Crippen LogP contribution is 1.88. The third-order valence-electron chi connectivity index (χ3n) is 0.854. The van der Waals surface area contributed by atoms with Crippen molar-refractivity contribution in [2.75, 3.05) is 0 Å². The van der Waals surface area contributed by atoms with Crippen LogP contribution in [0.4, 0.5) is 0 Å². The fourth-order valence-corrected chi connectivity index (χ4v) is 1.23. The lowest BCUT2D eigenvalue weighted by Crippen LogP contribution is -2.04. The Bertz CT molecular complexity index is 109. The van der Waals surface area contributed by atoms with Gasteiger partial charge >= 0.3 is 5.97 Å². The van der Waals surface area contributed by atoms with Gasteiger partial charge in [0.15, 0.2) is 0 Å². The Morgan fingerprint density at radius 3 is 2.50 bits per heavy atom. The summed E-state index contributed by atoms with van der Waals surface area (Å²) in [4.78, 5) is 10.0. The van der Waals surface area contributed by atoms with Gasteiger partial charge in [0.05, 0.1) is 9.52 Å². The first-order valence-electron chi connectivity index (χ1n) is 2.59. The summed E-state index contributed by atoms with van der Waals surface area (Å²) in [6, 6.07) is 0.991. The topological polar surface area (TPSA) is 37.3 Å². The summed E-state index contributed by atoms with van der Waals surface area (Å²) >= 11 is 0. The number of rotatable bonds is 3. The average molecular weight is 130 g/mol. The maximum absolute atomic E-state index is 10.0. The minimum Gasteiger partial charge on any atom is -0.478 e. The summed E-state index contributed by atoms with van der Waals surface area (Å²) in [7, 11) is -0.495. The van der Waals surface area contributed by atoms with Gasteiger partial charge in [-0.25, -0.2) is 4.79 Å². The van der Waals surface area contributed by atoms with E-state index in [-0.39, 0.29) is 0 Å². The van der Waals surface area contributed by atoms with E-state index in [0.717, 1.165) is 6.04 Å². The SMILES string of the molecule is C=C([SiH2]CC)C(=O)O. The second-order valence-corrected chi connectivity index (χ2v) is 4.01. The quantitative estimate of drug-likeness (QED) is 0.437. The molecule has 0 fully saturated rings. The summed E-state index contributed by atoms with van der Waals surface area (Å²) in [5.41, 5.74) is 0. The van der Waals surface area contributed by atoms with Crippen molar-refractivity contribution in [2.24, 2.45) is 0 Å². The van der Waals surface area contributed by atoms with E-state index < -0.39 is 15.5 Å². The maximum atomic E-state index is 10.0. The lowest BCUT2D eigenvalue weighted by atomic mass is 10.7. The molecule has 0 aliphatic rings. The molecule has 0 rings (SSSR count). The molecule has 0 aliphatic heterocycles. The summed E-state index contributed by atoms with van der Waals surface area (Å²) in [5.74, 6) is -0.821. The van der Waals surface area contributed by atoms with Crippen LogP contribution in [0.3, 0.4) is 0 Å². The number of hydrogen-bond donors (Lipinski definition) is 1. The molecule has 0 saturated heterocycles. The first-order chi connectivity index (χ1) is 3.68. The van der Waals surface area contributed by atoms with E-state index in [9.17, 15) is 4.79 Å². The monoisotopic (exact) mass is 130 g/mol. The molecule has 0 aliphatic carbocycles. The van der Waals surface area contributed by atoms with Gasteiger partial charge in [0, 0.05) is 5.20 Å². The van der Waals surface area contributed by atoms with Crippen molar-refractivity contribution in [2.45, 2.75) is 13.0 Å². The van der Waals surface area contributed by atoms with Crippen molar-refractivity contribution in [3.8, 4) is 0 Å². The lowest BCUT2D eigenvalue weighted by Gasteiger charge is -1.91. The van der Waals surface area contributed by atoms with E-state index in [1.807, 2.05) is 6.92 Å². The summed E-state index contributed by atoms with van der Waals surface area (Å²) in [5, 5.41) is 8.69. The average Bonchev–Trinajstić information content (AvgIpc) is 1.67. The van der Waals surface area contributed by atoms with E-state index in [2.05, 4.69) is 6.58 Å². The van der Waals surface area contributed by atoms with Crippen molar-refractivity contribution in [3.63, 3.8) is 0 Å². The summed E-state index contributed by atoms with van der Waals surface area (Å²) in [6.07, 6.45) is 0. The summed E-state index contributed by atoms with van der Waals surface area (Å²) < 4.78 is 0. The van der Waals surface area contributed by atoms with E-state index in [4.69, 9.17) is 5.11 Å². The molecule has 0 heterocycles. The third-order valence-corrected chi connectivity index (χ3v) is 2.26. The van der Waals surface area contributed by atoms with Crippen LogP contribution in [0, 0.1) is 0 Å². The molecule has 0 unspecified atom stereocenters. The molecular formula is C5H10O2Si. The standard InChI is InChI=1S/C5H10O2Si/c1-3-8-4(2)5(6)7/h2-3,8H2,1H3,(H,6,7). The minimum absolute atomic E-state index is 0.438. The zero-order valence-corrected chi connectivity index (χ0v) is 6.39. The Labute approximate surface area is 51.0 Å².